The lowest BCUT2D eigenvalue weighted by molar-refractivity contribution is 0.102. The Bertz CT molecular complexity index is 1080. The largest absolute Gasteiger partial charge is 0.497 e. The summed E-state index contributed by atoms with van der Waals surface area (Å²) in [5.74, 6) is 1.12. The Morgan fingerprint density at radius 3 is 3.00 bits per heavy atom. The standard InChI is InChI=1S/C18H16N4O3S/c1-3-22-7-6-13(21-22)17(23)20-18-19-14(10-26-18)16-9-11-8-12(24-2)4-5-15(11)25-16/h4-10H,3H2,1-2H3,(H,19,20,23). The minimum absolute atomic E-state index is 0.285. The predicted molar refractivity (Wildman–Crippen MR) is 99.7 cm³/mol. The molecule has 0 fully saturated rings. The van der Waals surface area contributed by atoms with Gasteiger partial charge in [-0.15, -0.1) is 11.3 Å². The van der Waals surface area contributed by atoms with Crippen LogP contribution in [0.25, 0.3) is 22.4 Å². The van der Waals surface area contributed by atoms with Crippen molar-refractivity contribution in [2.45, 2.75) is 13.5 Å². The molecule has 0 aliphatic carbocycles. The highest BCUT2D eigenvalue weighted by atomic mass is 32.1. The number of furan rings is 1. The highest BCUT2D eigenvalue weighted by Crippen LogP contribution is 2.32. The zero-order valence-corrected chi connectivity index (χ0v) is 15.0. The Morgan fingerprint density at radius 1 is 1.35 bits per heavy atom. The maximum absolute atomic E-state index is 12.2. The smallest absolute Gasteiger partial charge is 0.277 e. The first-order valence-electron chi connectivity index (χ1n) is 8.04. The number of aromatic nitrogens is 3. The van der Waals surface area contributed by atoms with E-state index in [0.29, 0.717) is 28.8 Å². The SMILES string of the molecule is CCn1ccc(C(=O)Nc2nc(-c3cc4cc(OC)ccc4o3)cs2)n1. The number of aryl methyl sites for hydroxylation is 1. The van der Waals surface area contributed by atoms with E-state index in [2.05, 4.69) is 15.4 Å². The second-order valence-corrected chi connectivity index (χ2v) is 6.42. The molecule has 0 aliphatic rings. The van der Waals surface area contributed by atoms with E-state index in [4.69, 9.17) is 9.15 Å². The van der Waals surface area contributed by atoms with Crippen molar-refractivity contribution in [1.29, 1.82) is 0 Å². The van der Waals surface area contributed by atoms with Gasteiger partial charge in [-0.3, -0.25) is 14.8 Å². The molecule has 1 aromatic carbocycles. The minimum Gasteiger partial charge on any atom is -0.497 e. The molecule has 7 nitrogen and oxygen atoms in total. The number of nitrogens with one attached hydrogen (secondary N) is 1. The van der Waals surface area contributed by atoms with Crippen LogP contribution in [0, 0.1) is 0 Å². The topological polar surface area (TPSA) is 82.2 Å². The van der Waals surface area contributed by atoms with Crippen molar-refractivity contribution < 1.29 is 13.9 Å². The van der Waals surface area contributed by atoms with Crippen LogP contribution in [0.2, 0.25) is 0 Å². The van der Waals surface area contributed by atoms with Gasteiger partial charge in [0.25, 0.3) is 5.91 Å². The molecular formula is C18H16N4O3S. The third-order valence-electron chi connectivity index (χ3n) is 3.90. The molecule has 3 aromatic heterocycles. The third-order valence-corrected chi connectivity index (χ3v) is 4.66. The number of ether oxygens (including phenoxy) is 1. The first kappa shape index (κ1) is 16.3. The van der Waals surface area contributed by atoms with Crippen LogP contribution in [-0.2, 0) is 6.54 Å². The van der Waals surface area contributed by atoms with E-state index in [0.717, 1.165) is 16.7 Å². The van der Waals surface area contributed by atoms with Crippen molar-refractivity contribution in [2.24, 2.45) is 0 Å². The van der Waals surface area contributed by atoms with E-state index in [-0.39, 0.29) is 5.91 Å². The Kier molecular flexibility index (Phi) is 4.18. The number of rotatable bonds is 5. The lowest BCUT2D eigenvalue weighted by atomic mass is 10.2. The number of benzene rings is 1. The molecule has 132 valence electrons. The first-order valence-corrected chi connectivity index (χ1v) is 8.92. The minimum atomic E-state index is -0.285. The van der Waals surface area contributed by atoms with Gasteiger partial charge in [0.2, 0.25) is 0 Å². The highest BCUT2D eigenvalue weighted by Gasteiger charge is 2.14. The van der Waals surface area contributed by atoms with Crippen molar-refractivity contribution >= 4 is 33.3 Å². The zero-order chi connectivity index (χ0) is 18.1. The van der Waals surface area contributed by atoms with Crippen molar-refractivity contribution in [3.8, 4) is 17.2 Å². The number of fused-ring (bicyclic) bond motifs is 1. The summed E-state index contributed by atoms with van der Waals surface area (Å²) < 4.78 is 12.8. The number of hydrogen-bond donors (Lipinski definition) is 1. The van der Waals surface area contributed by atoms with Crippen LogP contribution in [0.3, 0.4) is 0 Å². The molecule has 8 heteroatoms. The summed E-state index contributed by atoms with van der Waals surface area (Å²) in [7, 11) is 1.63. The molecule has 4 aromatic rings. The molecule has 4 rings (SSSR count). The molecule has 0 radical (unpaired) electrons. The quantitative estimate of drug-likeness (QED) is 0.575. The number of anilines is 1. The average Bonchev–Trinajstić information content (AvgIpc) is 3.39. The summed E-state index contributed by atoms with van der Waals surface area (Å²) >= 11 is 1.34. The van der Waals surface area contributed by atoms with E-state index < -0.39 is 0 Å². The molecule has 26 heavy (non-hydrogen) atoms. The molecule has 0 bridgehead atoms. The van der Waals surface area contributed by atoms with Gasteiger partial charge in [-0.25, -0.2) is 4.98 Å². The molecule has 0 saturated heterocycles. The monoisotopic (exact) mass is 368 g/mol. The number of thiazole rings is 1. The second kappa shape index (κ2) is 6.64. The highest BCUT2D eigenvalue weighted by molar-refractivity contribution is 7.14. The van der Waals surface area contributed by atoms with Crippen LogP contribution in [0.4, 0.5) is 5.13 Å². The van der Waals surface area contributed by atoms with Gasteiger partial charge in [-0.1, -0.05) is 0 Å². The molecular weight excluding hydrogens is 352 g/mol. The predicted octanol–water partition coefficient (Wildman–Crippen LogP) is 4.03. The van der Waals surface area contributed by atoms with Crippen LogP contribution in [0.1, 0.15) is 17.4 Å². The fourth-order valence-electron chi connectivity index (χ4n) is 2.54. The lowest BCUT2D eigenvalue weighted by Crippen LogP contribution is -2.13. The zero-order valence-electron chi connectivity index (χ0n) is 14.2. The number of nitrogens with zero attached hydrogens (tertiary/aromatic N) is 3. The Labute approximate surface area is 153 Å². The van der Waals surface area contributed by atoms with Crippen LogP contribution in [0.15, 0.2) is 46.3 Å². The van der Waals surface area contributed by atoms with Gasteiger partial charge in [0, 0.05) is 23.5 Å². The molecule has 1 amide bonds. The Hall–Kier alpha value is -3.13. The number of methoxy groups -OCH3 is 1. The maximum Gasteiger partial charge on any atom is 0.277 e. The fraction of sp³-hybridized carbons (Fsp3) is 0.167. The van der Waals surface area contributed by atoms with Crippen LogP contribution in [-0.4, -0.2) is 27.8 Å². The summed E-state index contributed by atoms with van der Waals surface area (Å²) in [5, 5.41) is 10.2. The van der Waals surface area contributed by atoms with Crippen LogP contribution in [0.5, 0.6) is 5.75 Å². The van der Waals surface area contributed by atoms with Crippen molar-refractivity contribution in [1.82, 2.24) is 14.8 Å². The lowest BCUT2D eigenvalue weighted by Gasteiger charge is -1.97. The average molecular weight is 368 g/mol. The van der Waals surface area contributed by atoms with E-state index in [1.54, 1.807) is 24.1 Å². The molecule has 0 atom stereocenters. The number of hydrogen-bond acceptors (Lipinski definition) is 6. The molecule has 3 heterocycles. The molecule has 0 spiro atoms. The van der Waals surface area contributed by atoms with Crippen molar-refractivity contribution in [3.63, 3.8) is 0 Å². The summed E-state index contributed by atoms with van der Waals surface area (Å²) in [6, 6.07) is 9.19. The van der Waals surface area contributed by atoms with Gasteiger partial charge in [0.15, 0.2) is 16.6 Å². The maximum atomic E-state index is 12.2. The van der Waals surface area contributed by atoms with Gasteiger partial charge < -0.3 is 9.15 Å². The normalized spacial score (nSPS) is 11.0. The summed E-state index contributed by atoms with van der Waals surface area (Å²) in [6.45, 7) is 2.68. The molecule has 0 aliphatic heterocycles. The third kappa shape index (κ3) is 3.06. The van der Waals surface area contributed by atoms with Gasteiger partial charge >= 0.3 is 0 Å². The molecule has 0 saturated carbocycles. The van der Waals surface area contributed by atoms with E-state index >= 15 is 0 Å². The van der Waals surface area contributed by atoms with E-state index in [1.165, 1.54) is 11.3 Å². The van der Waals surface area contributed by atoms with Crippen LogP contribution < -0.4 is 10.1 Å². The van der Waals surface area contributed by atoms with Gasteiger partial charge in [-0.2, -0.15) is 5.10 Å². The summed E-state index contributed by atoms with van der Waals surface area (Å²) in [6.07, 6.45) is 1.77. The van der Waals surface area contributed by atoms with Crippen molar-refractivity contribution in [3.05, 3.63) is 47.6 Å². The van der Waals surface area contributed by atoms with Gasteiger partial charge in [-0.05, 0) is 37.3 Å². The fourth-order valence-corrected chi connectivity index (χ4v) is 3.23. The second-order valence-electron chi connectivity index (χ2n) is 5.56. The molecule has 1 N–H and O–H groups in total. The number of carbonyl (C=O) groups is 1. The summed E-state index contributed by atoms with van der Waals surface area (Å²) in [5.41, 5.74) is 1.78. The first-order chi connectivity index (χ1) is 12.7. The van der Waals surface area contributed by atoms with E-state index in [1.807, 2.05) is 36.6 Å². The Balaban J connectivity index is 1.55. The van der Waals surface area contributed by atoms with Crippen molar-refractivity contribution in [2.75, 3.05) is 12.4 Å². The van der Waals surface area contributed by atoms with Crippen LogP contribution >= 0.6 is 11.3 Å². The number of carbonyl (C=O) groups excluding carboxylic acids is 1. The van der Waals surface area contributed by atoms with E-state index in [9.17, 15) is 4.79 Å². The summed E-state index contributed by atoms with van der Waals surface area (Å²) in [4.78, 5) is 16.7. The van der Waals surface area contributed by atoms with Gasteiger partial charge in [0.05, 0.1) is 7.11 Å². The Morgan fingerprint density at radius 2 is 2.23 bits per heavy atom. The molecule has 0 unspecified atom stereocenters. The number of amides is 1. The van der Waals surface area contributed by atoms with Gasteiger partial charge in [0.1, 0.15) is 17.0 Å².